The van der Waals surface area contributed by atoms with E-state index in [9.17, 15) is 14.7 Å². The molecule has 0 spiro atoms. The van der Waals surface area contributed by atoms with Crippen LogP contribution in [-0.4, -0.2) is 51.0 Å². The number of aliphatic hydroxyl groups excluding tert-OH is 1. The second-order valence-corrected chi connectivity index (χ2v) is 7.70. The molecule has 9 heteroatoms. The molecule has 0 saturated carbocycles. The molecule has 3 heterocycles. The Morgan fingerprint density at radius 2 is 1.94 bits per heavy atom. The Morgan fingerprint density at radius 1 is 1.15 bits per heavy atom. The number of benzene rings is 1. The molecule has 178 valence electrons. The predicted octanol–water partition coefficient (Wildman–Crippen LogP) is 3.94. The topological polar surface area (TPSA) is 107 Å². The largest absolute Gasteiger partial charge is 0.503 e. The number of Topliss-reactive ketones (excluding diaryl/α,β-unsaturated/α-hetero) is 1. The van der Waals surface area contributed by atoms with E-state index in [1.165, 1.54) is 17.2 Å². The van der Waals surface area contributed by atoms with Crippen molar-refractivity contribution in [1.29, 1.82) is 0 Å². The lowest BCUT2D eigenvalue weighted by atomic mass is 9.94. The highest BCUT2D eigenvalue weighted by molar-refractivity contribution is 6.15. The Hall–Kier alpha value is -4.01. The van der Waals surface area contributed by atoms with Crippen LogP contribution in [0, 0.1) is 0 Å². The van der Waals surface area contributed by atoms with Crippen LogP contribution in [0.3, 0.4) is 0 Å². The van der Waals surface area contributed by atoms with Crippen LogP contribution >= 0.6 is 0 Å². The molecule has 34 heavy (non-hydrogen) atoms. The molecular weight excluding hydrogens is 438 g/mol. The number of nitrogens with zero attached hydrogens (tertiary/aromatic N) is 3. The number of ketones is 1. The van der Waals surface area contributed by atoms with E-state index in [2.05, 4.69) is 4.98 Å². The molecule has 3 aromatic rings. The van der Waals surface area contributed by atoms with E-state index in [0.717, 1.165) is 0 Å². The van der Waals surface area contributed by atoms with Gasteiger partial charge in [0.05, 0.1) is 37.4 Å². The lowest BCUT2D eigenvalue weighted by Crippen LogP contribution is -2.32. The van der Waals surface area contributed by atoms with Gasteiger partial charge in [-0.1, -0.05) is 6.07 Å². The van der Waals surface area contributed by atoms with Gasteiger partial charge in [0.1, 0.15) is 0 Å². The molecule has 0 unspecified atom stereocenters. The highest BCUT2D eigenvalue weighted by atomic mass is 16.5. The van der Waals surface area contributed by atoms with Gasteiger partial charge < -0.3 is 28.5 Å². The van der Waals surface area contributed by atoms with Crippen LogP contribution in [0.2, 0.25) is 0 Å². The van der Waals surface area contributed by atoms with Gasteiger partial charge in [0.25, 0.3) is 5.91 Å². The quantitative estimate of drug-likeness (QED) is 0.427. The number of aliphatic hydroxyl groups is 1. The van der Waals surface area contributed by atoms with E-state index in [0.29, 0.717) is 49.8 Å². The van der Waals surface area contributed by atoms with Gasteiger partial charge in [-0.2, -0.15) is 0 Å². The molecule has 0 bridgehead atoms. The standard InChI is InChI=1S/C25H27N3O6/c1-3-32-18-9-8-17(15-20(18)33-4-2)22-21(23(29)19-7-5-14-34-19)24(30)25(31)28(22)12-6-11-27-13-10-26-16-27/h5,7-10,13-16,22,30H,3-4,6,11-12H2,1-2H3/t22-/m0/s1. The molecule has 4 rings (SSSR count). The zero-order valence-corrected chi connectivity index (χ0v) is 19.1. The summed E-state index contributed by atoms with van der Waals surface area (Å²) in [5, 5.41) is 10.8. The van der Waals surface area contributed by atoms with Crippen LogP contribution in [-0.2, 0) is 11.3 Å². The van der Waals surface area contributed by atoms with Crippen LogP contribution in [0.5, 0.6) is 11.5 Å². The molecule has 0 radical (unpaired) electrons. The highest BCUT2D eigenvalue weighted by Crippen LogP contribution is 2.42. The Balaban J connectivity index is 1.71. The molecule has 1 aliphatic heterocycles. The lowest BCUT2D eigenvalue weighted by Gasteiger charge is -2.27. The summed E-state index contributed by atoms with van der Waals surface area (Å²) in [5.74, 6) is -0.585. The number of hydrogen-bond donors (Lipinski definition) is 1. The van der Waals surface area contributed by atoms with Crippen molar-refractivity contribution in [3.8, 4) is 11.5 Å². The van der Waals surface area contributed by atoms with Gasteiger partial charge in [-0.3, -0.25) is 9.59 Å². The van der Waals surface area contributed by atoms with Crippen molar-refractivity contribution in [3.05, 3.63) is 78.0 Å². The zero-order valence-electron chi connectivity index (χ0n) is 19.1. The fraction of sp³-hybridized carbons (Fsp3) is 0.320. The summed E-state index contributed by atoms with van der Waals surface area (Å²) < 4.78 is 18.6. The van der Waals surface area contributed by atoms with Crippen molar-refractivity contribution in [2.45, 2.75) is 32.9 Å². The van der Waals surface area contributed by atoms with E-state index < -0.39 is 23.5 Å². The third kappa shape index (κ3) is 4.54. The summed E-state index contributed by atoms with van der Waals surface area (Å²) in [4.78, 5) is 31.9. The molecule has 9 nitrogen and oxygen atoms in total. The lowest BCUT2D eigenvalue weighted by molar-refractivity contribution is -0.129. The summed E-state index contributed by atoms with van der Waals surface area (Å²) in [7, 11) is 0. The number of rotatable bonds is 11. The summed E-state index contributed by atoms with van der Waals surface area (Å²) in [5.41, 5.74) is 0.607. The molecule has 1 aromatic carbocycles. The predicted molar refractivity (Wildman–Crippen MR) is 123 cm³/mol. The van der Waals surface area contributed by atoms with Gasteiger partial charge >= 0.3 is 0 Å². The maximum Gasteiger partial charge on any atom is 0.290 e. The van der Waals surface area contributed by atoms with E-state index in [1.54, 1.807) is 36.8 Å². The molecule has 0 saturated heterocycles. The summed E-state index contributed by atoms with van der Waals surface area (Å²) in [6.45, 7) is 5.57. The van der Waals surface area contributed by atoms with Gasteiger partial charge in [-0.15, -0.1) is 0 Å². The fourth-order valence-corrected chi connectivity index (χ4v) is 4.08. The van der Waals surface area contributed by atoms with E-state index >= 15 is 0 Å². The maximum absolute atomic E-state index is 13.3. The maximum atomic E-state index is 13.3. The van der Waals surface area contributed by atoms with Gasteiger partial charge in [-0.25, -0.2) is 4.98 Å². The molecule has 1 amide bonds. The average Bonchev–Trinajstić information content (AvgIpc) is 3.59. The van der Waals surface area contributed by atoms with E-state index in [1.807, 2.05) is 24.6 Å². The number of imidazole rings is 1. The molecular formula is C25H27N3O6. The minimum absolute atomic E-state index is 0.0193. The van der Waals surface area contributed by atoms with Gasteiger partial charge in [0, 0.05) is 25.5 Å². The van der Waals surface area contributed by atoms with Crippen LogP contribution in [0.25, 0.3) is 0 Å². The van der Waals surface area contributed by atoms with E-state index in [-0.39, 0.29) is 11.3 Å². The van der Waals surface area contributed by atoms with Crippen LogP contribution in [0.15, 0.2) is 71.1 Å². The molecule has 0 fully saturated rings. The first-order valence-corrected chi connectivity index (χ1v) is 11.2. The molecule has 2 aromatic heterocycles. The second kappa shape index (κ2) is 10.3. The van der Waals surface area contributed by atoms with Crippen LogP contribution in [0.4, 0.5) is 0 Å². The van der Waals surface area contributed by atoms with Gasteiger partial charge in [-0.05, 0) is 50.1 Å². The van der Waals surface area contributed by atoms with Crippen molar-refractivity contribution >= 4 is 11.7 Å². The monoisotopic (exact) mass is 465 g/mol. The first kappa shape index (κ1) is 23.2. The smallest absolute Gasteiger partial charge is 0.290 e. The molecule has 0 aliphatic carbocycles. The molecule has 1 aliphatic rings. The minimum atomic E-state index is -0.803. The number of amides is 1. The number of aromatic nitrogens is 2. The Bertz CT molecular complexity index is 1170. The normalized spacial score (nSPS) is 15.8. The summed E-state index contributed by atoms with van der Waals surface area (Å²) in [6, 6.07) is 7.58. The average molecular weight is 466 g/mol. The third-order valence-corrected chi connectivity index (χ3v) is 5.55. The summed E-state index contributed by atoms with van der Waals surface area (Å²) >= 11 is 0. The first-order chi connectivity index (χ1) is 16.5. The van der Waals surface area contributed by atoms with Crippen LogP contribution in [0.1, 0.15) is 42.4 Å². The van der Waals surface area contributed by atoms with Gasteiger partial charge in [0.2, 0.25) is 5.78 Å². The molecule has 1 N–H and O–H groups in total. The first-order valence-electron chi connectivity index (χ1n) is 11.2. The third-order valence-electron chi connectivity index (χ3n) is 5.55. The number of carbonyl (C=O) groups excluding carboxylic acids is 2. The van der Waals surface area contributed by atoms with E-state index in [4.69, 9.17) is 13.9 Å². The molecule has 1 atom stereocenters. The number of carbonyl (C=O) groups is 2. The fourth-order valence-electron chi connectivity index (χ4n) is 4.08. The van der Waals surface area contributed by atoms with Crippen molar-refractivity contribution in [2.75, 3.05) is 19.8 Å². The summed E-state index contributed by atoms with van der Waals surface area (Å²) in [6.07, 6.45) is 7.21. The Kier molecular flexibility index (Phi) is 7.01. The van der Waals surface area contributed by atoms with Crippen molar-refractivity contribution in [1.82, 2.24) is 14.5 Å². The number of hydrogen-bond acceptors (Lipinski definition) is 7. The van der Waals surface area contributed by atoms with Crippen molar-refractivity contribution < 1.29 is 28.6 Å². The SMILES string of the molecule is CCOc1ccc([C@H]2C(C(=O)c3ccco3)=C(O)C(=O)N2CCCn2ccnc2)cc1OCC. The number of furan rings is 1. The Morgan fingerprint density at radius 3 is 2.62 bits per heavy atom. The Labute approximate surface area is 197 Å². The second-order valence-electron chi connectivity index (χ2n) is 7.70. The van der Waals surface area contributed by atoms with Crippen molar-refractivity contribution in [3.63, 3.8) is 0 Å². The minimum Gasteiger partial charge on any atom is -0.503 e. The highest BCUT2D eigenvalue weighted by Gasteiger charge is 2.44. The van der Waals surface area contributed by atoms with Gasteiger partial charge in [0.15, 0.2) is 23.0 Å². The number of aryl methyl sites for hydroxylation is 1. The zero-order chi connectivity index (χ0) is 24.1. The van der Waals surface area contributed by atoms with Crippen molar-refractivity contribution in [2.24, 2.45) is 0 Å². The van der Waals surface area contributed by atoms with Crippen LogP contribution < -0.4 is 9.47 Å². The number of ether oxygens (including phenoxy) is 2.